The number of allylic oxidation sites excluding steroid dienone is 2. The second-order valence-electron chi connectivity index (χ2n) is 9.93. The van der Waals surface area contributed by atoms with E-state index in [1.165, 1.54) is 0 Å². The number of carbonyl (C=O) groups is 1. The van der Waals surface area contributed by atoms with Gasteiger partial charge in [0.2, 0.25) is 0 Å². The van der Waals surface area contributed by atoms with E-state index in [9.17, 15) is 15.0 Å². The molecule has 5 atom stereocenters. The Labute approximate surface area is 199 Å². The van der Waals surface area contributed by atoms with Crippen molar-refractivity contribution in [3.05, 3.63) is 54.6 Å². The molecule has 33 heavy (non-hydrogen) atoms. The van der Waals surface area contributed by atoms with Gasteiger partial charge in [-0.2, -0.15) is 0 Å². The average Bonchev–Trinajstić information content (AvgIpc) is 3.07. The fourth-order valence-corrected chi connectivity index (χ4v) is 4.51. The maximum absolute atomic E-state index is 10.9. The third-order valence-electron chi connectivity index (χ3n) is 6.75. The number of carboxylic acids is 1. The molecule has 0 radical (unpaired) electrons. The number of ether oxygens (including phenoxy) is 1. The van der Waals surface area contributed by atoms with E-state index >= 15 is 0 Å². The van der Waals surface area contributed by atoms with Crippen LogP contribution in [0.15, 0.2) is 54.6 Å². The van der Waals surface area contributed by atoms with Crippen LogP contribution in [0.1, 0.15) is 72.1 Å². The Bertz CT molecular complexity index is 755. The van der Waals surface area contributed by atoms with E-state index in [4.69, 9.17) is 9.84 Å². The topological polar surface area (TPSA) is 87.0 Å². The van der Waals surface area contributed by atoms with E-state index in [0.29, 0.717) is 12.8 Å². The maximum Gasteiger partial charge on any atom is 0.303 e. The first kappa shape index (κ1) is 27.1. The minimum absolute atomic E-state index is 0.0677. The van der Waals surface area contributed by atoms with Gasteiger partial charge in [-0.05, 0) is 43.2 Å². The summed E-state index contributed by atoms with van der Waals surface area (Å²) in [4.78, 5) is 10.7. The van der Waals surface area contributed by atoms with E-state index in [1.807, 2.05) is 48.6 Å². The molecule has 0 aliphatic heterocycles. The van der Waals surface area contributed by atoms with E-state index in [-0.39, 0.29) is 29.8 Å². The van der Waals surface area contributed by atoms with Crippen molar-refractivity contribution in [3.8, 4) is 5.75 Å². The summed E-state index contributed by atoms with van der Waals surface area (Å²) in [6.07, 6.45) is 12.6. The normalized spacial score (nSPS) is 24.5. The lowest BCUT2D eigenvalue weighted by Gasteiger charge is -2.29. The number of hydrogen-bond donors (Lipinski definition) is 3. The molecule has 1 aromatic rings. The third-order valence-corrected chi connectivity index (χ3v) is 6.75. The minimum atomic E-state index is -0.774. The smallest absolute Gasteiger partial charge is 0.303 e. The van der Waals surface area contributed by atoms with E-state index < -0.39 is 18.2 Å². The monoisotopic (exact) mass is 458 g/mol. The number of aliphatic hydroxyl groups is 2. The van der Waals surface area contributed by atoms with Crippen molar-refractivity contribution >= 4 is 5.97 Å². The van der Waals surface area contributed by atoms with Gasteiger partial charge in [0.05, 0.1) is 12.2 Å². The fourth-order valence-electron chi connectivity index (χ4n) is 4.51. The van der Waals surface area contributed by atoms with Crippen LogP contribution >= 0.6 is 0 Å². The van der Waals surface area contributed by atoms with E-state index in [2.05, 4.69) is 26.8 Å². The number of para-hydroxylation sites is 1. The lowest BCUT2D eigenvalue weighted by molar-refractivity contribution is -0.137. The van der Waals surface area contributed by atoms with Gasteiger partial charge in [0.1, 0.15) is 11.9 Å². The number of aliphatic hydroxyl groups excluding tert-OH is 2. The van der Waals surface area contributed by atoms with Crippen LogP contribution in [-0.4, -0.2) is 39.6 Å². The van der Waals surface area contributed by atoms with Gasteiger partial charge in [0, 0.05) is 24.7 Å². The zero-order chi connectivity index (χ0) is 24.3. The summed E-state index contributed by atoms with van der Waals surface area (Å²) in [6, 6.07) is 9.66. The van der Waals surface area contributed by atoms with E-state index in [1.54, 1.807) is 0 Å². The molecule has 0 saturated heterocycles. The van der Waals surface area contributed by atoms with Crippen molar-refractivity contribution in [2.24, 2.45) is 17.3 Å². The Morgan fingerprint density at radius 1 is 1.21 bits per heavy atom. The first-order valence-corrected chi connectivity index (χ1v) is 12.4. The van der Waals surface area contributed by atoms with Crippen LogP contribution < -0.4 is 4.74 Å². The van der Waals surface area contributed by atoms with Gasteiger partial charge in [0.15, 0.2) is 0 Å². The molecule has 2 rings (SSSR count). The SMILES string of the molecule is CCCCC(C)(C)C(O)C=C[C@@H]1[C@@H](CC=CCCCC(=O)O)[C@H](Oc2ccccc2)C[C@H]1O. The molecule has 3 N–H and O–H groups in total. The highest BCUT2D eigenvalue weighted by Crippen LogP contribution is 2.39. The summed E-state index contributed by atoms with van der Waals surface area (Å²) in [5.41, 5.74) is -0.213. The highest BCUT2D eigenvalue weighted by atomic mass is 16.5. The Morgan fingerprint density at radius 2 is 1.94 bits per heavy atom. The summed E-state index contributed by atoms with van der Waals surface area (Å²) in [5.74, 6) is -0.0306. The molecule has 1 aromatic carbocycles. The molecule has 1 aliphatic carbocycles. The molecule has 1 fully saturated rings. The largest absolute Gasteiger partial charge is 0.490 e. The van der Waals surface area contributed by atoms with Gasteiger partial charge in [-0.15, -0.1) is 0 Å². The van der Waals surface area contributed by atoms with Crippen molar-refractivity contribution in [2.45, 2.75) is 90.4 Å². The van der Waals surface area contributed by atoms with Crippen LogP contribution in [-0.2, 0) is 4.79 Å². The molecule has 5 nitrogen and oxygen atoms in total. The summed E-state index contributed by atoms with van der Waals surface area (Å²) in [5, 5.41) is 30.5. The zero-order valence-electron chi connectivity index (χ0n) is 20.4. The van der Waals surface area contributed by atoms with Crippen molar-refractivity contribution in [3.63, 3.8) is 0 Å². The quantitative estimate of drug-likeness (QED) is 0.243. The molecule has 0 aromatic heterocycles. The third kappa shape index (κ3) is 8.98. The number of aliphatic carboxylic acids is 1. The Kier molecular flexibility index (Phi) is 11.2. The van der Waals surface area contributed by atoms with Crippen LogP contribution in [0, 0.1) is 17.3 Å². The number of unbranched alkanes of at least 4 members (excludes halogenated alkanes) is 2. The summed E-state index contributed by atoms with van der Waals surface area (Å²) in [6.45, 7) is 6.32. The number of carboxylic acid groups (broad SMARTS) is 1. The first-order valence-electron chi connectivity index (χ1n) is 12.4. The van der Waals surface area contributed by atoms with Gasteiger partial charge in [-0.3, -0.25) is 4.79 Å². The summed E-state index contributed by atoms with van der Waals surface area (Å²) < 4.78 is 6.26. The van der Waals surface area contributed by atoms with Gasteiger partial charge in [0.25, 0.3) is 0 Å². The fraction of sp³-hybridized carbons (Fsp3) is 0.607. The molecular weight excluding hydrogens is 416 g/mol. The molecule has 1 saturated carbocycles. The lowest BCUT2D eigenvalue weighted by Crippen LogP contribution is -2.28. The molecule has 0 bridgehead atoms. The average molecular weight is 459 g/mol. The number of rotatable bonds is 14. The van der Waals surface area contributed by atoms with Crippen molar-refractivity contribution in [2.75, 3.05) is 0 Å². The van der Waals surface area contributed by atoms with Crippen LogP contribution in [0.2, 0.25) is 0 Å². The van der Waals surface area contributed by atoms with Gasteiger partial charge >= 0.3 is 5.97 Å². The van der Waals surface area contributed by atoms with Gasteiger partial charge in [-0.25, -0.2) is 0 Å². The maximum atomic E-state index is 10.9. The van der Waals surface area contributed by atoms with E-state index in [0.717, 1.165) is 37.9 Å². The first-order chi connectivity index (χ1) is 15.7. The van der Waals surface area contributed by atoms with Crippen molar-refractivity contribution < 1.29 is 24.9 Å². The molecule has 0 heterocycles. The second-order valence-corrected chi connectivity index (χ2v) is 9.93. The second kappa shape index (κ2) is 13.6. The van der Waals surface area contributed by atoms with Crippen molar-refractivity contribution in [1.29, 1.82) is 0 Å². The Hall–Kier alpha value is -2.11. The molecule has 1 unspecified atom stereocenters. The van der Waals surface area contributed by atoms with Crippen LogP contribution in [0.5, 0.6) is 5.75 Å². The molecule has 184 valence electrons. The van der Waals surface area contributed by atoms with Gasteiger partial charge < -0.3 is 20.1 Å². The van der Waals surface area contributed by atoms with Crippen LogP contribution in [0.3, 0.4) is 0 Å². The predicted octanol–water partition coefficient (Wildman–Crippen LogP) is 5.77. The highest BCUT2D eigenvalue weighted by Gasteiger charge is 2.42. The zero-order valence-corrected chi connectivity index (χ0v) is 20.4. The minimum Gasteiger partial charge on any atom is -0.490 e. The van der Waals surface area contributed by atoms with Crippen LogP contribution in [0.4, 0.5) is 0 Å². The Morgan fingerprint density at radius 3 is 2.61 bits per heavy atom. The standard InChI is InChI=1S/C28H42O5/c1-4-5-19-28(2,3)26(30)18-17-22-23(15-11-6-7-12-16-27(31)32)25(20-24(22)29)33-21-13-9-8-10-14-21/h6,8-11,13-14,17-18,22-26,29-30H,4-5,7,12,15-16,19-20H2,1-3H3,(H,31,32)/t22-,23-,24-,25-,26?/m1/s1. The summed E-state index contributed by atoms with van der Waals surface area (Å²) in [7, 11) is 0. The van der Waals surface area contributed by atoms with Crippen molar-refractivity contribution in [1.82, 2.24) is 0 Å². The summed E-state index contributed by atoms with van der Waals surface area (Å²) >= 11 is 0. The lowest BCUT2D eigenvalue weighted by atomic mass is 9.80. The molecule has 0 spiro atoms. The number of benzene rings is 1. The highest BCUT2D eigenvalue weighted by molar-refractivity contribution is 5.66. The molecular formula is C28H42O5. The molecule has 5 heteroatoms. The molecule has 1 aliphatic rings. The van der Waals surface area contributed by atoms with Crippen LogP contribution in [0.25, 0.3) is 0 Å². The molecule has 0 amide bonds. The number of hydrogen-bond acceptors (Lipinski definition) is 4. The predicted molar refractivity (Wildman–Crippen MR) is 132 cm³/mol. The Balaban J connectivity index is 2.10. The van der Waals surface area contributed by atoms with Gasteiger partial charge in [-0.1, -0.05) is 76.1 Å².